The van der Waals surface area contributed by atoms with Crippen molar-refractivity contribution < 1.29 is 4.74 Å². The van der Waals surface area contributed by atoms with E-state index < -0.39 is 0 Å². The number of hydrogen-bond acceptors (Lipinski definition) is 4. The highest BCUT2D eigenvalue weighted by atomic mass is 32.1. The minimum absolute atomic E-state index is 0.0653. The summed E-state index contributed by atoms with van der Waals surface area (Å²) in [6.45, 7) is 6.28. The zero-order valence-electron chi connectivity index (χ0n) is 12.2. The lowest BCUT2D eigenvalue weighted by Gasteiger charge is -2.11. The molecule has 0 bridgehead atoms. The molecule has 0 amide bonds. The Labute approximate surface area is 126 Å². The number of nitrogens with zero attached hydrogens (tertiary/aromatic N) is 2. The first kappa shape index (κ1) is 13.8. The van der Waals surface area contributed by atoms with Gasteiger partial charge in [-0.15, -0.1) is 11.3 Å². The van der Waals surface area contributed by atoms with E-state index in [0.717, 1.165) is 21.8 Å². The number of benzene rings is 1. The molecule has 0 unspecified atom stereocenters. The summed E-state index contributed by atoms with van der Waals surface area (Å²) in [4.78, 5) is 18.3. The van der Waals surface area contributed by atoms with E-state index in [1.54, 1.807) is 4.40 Å². The summed E-state index contributed by atoms with van der Waals surface area (Å²) in [6.07, 6.45) is 1.81. The summed E-state index contributed by atoms with van der Waals surface area (Å²) < 4.78 is 7.43. The topological polar surface area (TPSA) is 43.6 Å². The van der Waals surface area contributed by atoms with Crippen LogP contribution < -0.4 is 10.3 Å². The number of aryl methyl sites for hydroxylation is 3. The third-order valence-corrected chi connectivity index (χ3v) is 4.21. The highest BCUT2D eigenvalue weighted by Crippen LogP contribution is 2.23. The maximum Gasteiger partial charge on any atom is 0.258 e. The molecule has 4 nitrogen and oxygen atoms in total. The van der Waals surface area contributed by atoms with Gasteiger partial charge in [-0.3, -0.25) is 9.20 Å². The van der Waals surface area contributed by atoms with Gasteiger partial charge in [0.05, 0.1) is 5.69 Å². The second-order valence-corrected chi connectivity index (χ2v) is 6.30. The minimum Gasteiger partial charge on any atom is -0.487 e. The first-order chi connectivity index (χ1) is 10.0. The van der Waals surface area contributed by atoms with Crippen molar-refractivity contribution in [1.29, 1.82) is 0 Å². The van der Waals surface area contributed by atoms with Crippen LogP contribution in [0.1, 0.15) is 21.7 Å². The molecule has 0 aliphatic rings. The summed E-state index contributed by atoms with van der Waals surface area (Å²) in [5.74, 6) is 0.863. The van der Waals surface area contributed by atoms with Crippen molar-refractivity contribution in [2.24, 2.45) is 0 Å². The van der Waals surface area contributed by atoms with E-state index in [-0.39, 0.29) is 5.56 Å². The monoisotopic (exact) mass is 300 g/mol. The molecule has 0 saturated heterocycles. The number of hydrogen-bond donors (Lipinski definition) is 0. The van der Waals surface area contributed by atoms with E-state index in [0.29, 0.717) is 17.3 Å². The molecule has 1 aromatic carbocycles. The molecule has 0 aliphatic heterocycles. The van der Waals surface area contributed by atoms with Crippen molar-refractivity contribution in [3.05, 3.63) is 62.5 Å². The van der Waals surface area contributed by atoms with Crippen molar-refractivity contribution in [3.8, 4) is 5.75 Å². The third kappa shape index (κ3) is 2.69. The lowest BCUT2D eigenvalue weighted by Crippen LogP contribution is -2.14. The van der Waals surface area contributed by atoms with Crippen LogP contribution in [-0.4, -0.2) is 9.38 Å². The Morgan fingerprint density at radius 3 is 2.67 bits per heavy atom. The molecule has 0 atom stereocenters. The first-order valence-electron chi connectivity index (χ1n) is 6.72. The molecule has 0 saturated carbocycles. The number of rotatable bonds is 3. The second kappa shape index (κ2) is 5.33. The number of thiazole rings is 1. The lowest BCUT2D eigenvalue weighted by molar-refractivity contribution is 0.297. The van der Waals surface area contributed by atoms with Gasteiger partial charge in [0, 0.05) is 17.1 Å². The molecular weight excluding hydrogens is 284 g/mol. The van der Waals surface area contributed by atoms with E-state index in [4.69, 9.17) is 4.74 Å². The van der Waals surface area contributed by atoms with Crippen LogP contribution in [0.2, 0.25) is 0 Å². The van der Waals surface area contributed by atoms with Crippen LogP contribution in [0.5, 0.6) is 5.75 Å². The molecular formula is C16H16N2O2S. The van der Waals surface area contributed by atoms with Gasteiger partial charge < -0.3 is 4.74 Å². The molecule has 0 N–H and O–H groups in total. The van der Waals surface area contributed by atoms with Gasteiger partial charge >= 0.3 is 0 Å². The van der Waals surface area contributed by atoms with Crippen LogP contribution in [0.3, 0.4) is 0 Å². The van der Waals surface area contributed by atoms with Gasteiger partial charge in [-0.25, -0.2) is 4.98 Å². The van der Waals surface area contributed by atoms with E-state index in [2.05, 4.69) is 4.98 Å². The Hall–Kier alpha value is -2.14. The molecule has 2 aromatic heterocycles. The predicted octanol–water partition coefficient (Wildman–Crippen LogP) is 3.26. The SMILES string of the molecule is Cc1cn2c(=O)cc(COc3c(C)cccc3C)nc2s1. The van der Waals surface area contributed by atoms with E-state index >= 15 is 0 Å². The minimum atomic E-state index is -0.0653. The van der Waals surface area contributed by atoms with Gasteiger partial charge in [-0.05, 0) is 31.9 Å². The molecule has 3 aromatic rings. The van der Waals surface area contributed by atoms with Crippen molar-refractivity contribution >= 4 is 16.3 Å². The molecule has 0 fully saturated rings. The van der Waals surface area contributed by atoms with Crippen molar-refractivity contribution in [2.45, 2.75) is 27.4 Å². The summed E-state index contributed by atoms with van der Waals surface area (Å²) in [6, 6.07) is 7.56. The Morgan fingerprint density at radius 1 is 1.24 bits per heavy atom. The second-order valence-electron chi connectivity index (χ2n) is 5.09. The van der Waals surface area contributed by atoms with Crippen LogP contribution in [0, 0.1) is 20.8 Å². The average molecular weight is 300 g/mol. The summed E-state index contributed by atoms with van der Waals surface area (Å²) >= 11 is 1.50. The zero-order valence-corrected chi connectivity index (χ0v) is 13.0. The van der Waals surface area contributed by atoms with Gasteiger partial charge in [0.2, 0.25) is 0 Å². The number of aromatic nitrogens is 2. The molecule has 3 rings (SSSR count). The molecule has 21 heavy (non-hydrogen) atoms. The van der Waals surface area contributed by atoms with Gasteiger partial charge in [0.25, 0.3) is 5.56 Å². The Morgan fingerprint density at radius 2 is 1.95 bits per heavy atom. The van der Waals surface area contributed by atoms with Crippen LogP contribution in [0.4, 0.5) is 0 Å². The predicted molar refractivity (Wildman–Crippen MR) is 84.3 cm³/mol. The third-order valence-electron chi connectivity index (χ3n) is 3.31. The summed E-state index contributed by atoms with van der Waals surface area (Å²) in [5.41, 5.74) is 2.76. The van der Waals surface area contributed by atoms with E-state index in [9.17, 15) is 4.79 Å². The van der Waals surface area contributed by atoms with Crippen LogP contribution >= 0.6 is 11.3 Å². The van der Waals surface area contributed by atoms with Gasteiger partial charge in [-0.2, -0.15) is 0 Å². The Balaban J connectivity index is 1.90. The van der Waals surface area contributed by atoms with E-state index in [1.807, 2.05) is 45.2 Å². The molecule has 2 heterocycles. The number of ether oxygens (including phenoxy) is 1. The quantitative estimate of drug-likeness (QED) is 0.745. The molecule has 5 heteroatoms. The van der Waals surface area contributed by atoms with Crippen LogP contribution in [0.15, 0.2) is 35.3 Å². The molecule has 0 radical (unpaired) electrons. The van der Waals surface area contributed by atoms with Gasteiger partial charge in [-0.1, -0.05) is 18.2 Å². The maximum atomic E-state index is 12.0. The lowest BCUT2D eigenvalue weighted by atomic mass is 10.1. The highest BCUT2D eigenvalue weighted by molar-refractivity contribution is 7.16. The number of fused-ring (bicyclic) bond motifs is 1. The zero-order chi connectivity index (χ0) is 15.0. The maximum absolute atomic E-state index is 12.0. The van der Waals surface area contributed by atoms with Gasteiger partial charge in [0.15, 0.2) is 4.96 Å². The van der Waals surface area contributed by atoms with Crippen LogP contribution in [0.25, 0.3) is 4.96 Å². The Bertz CT molecular complexity index is 844. The van der Waals surface area contributed by atoms with Crippen LogP contribution in [-0.2, 0) is 6.61 Å². The summed E-state index contributed by atoms with van der Waals surface area (Å²) in [7, 11) is 0. The highest BCUT2D eigenvalue weighted by Gasteiger charge is 2.08. The smallest absolute Gasteiger partial charge is 0.258 e. The molecule has 0 spiro atoms. The van der Waals surface area contributed by atoms with Crippen molar-refractivity contribution in [2.75, 3.05) is 0 Å². The average Bonchev–Trinajstić information content (AvgIpc) is 2.79. The van der Waals surface area contributed by atoms with Crippen molar-refractivity contribution in [3.63, 3.8) is 0 Å². The standard InChI is InChI=1S/C16H16N2O2S/c1-10-5-4-6-11(2)15(10)20-9-13-7-14(19)18-8-12(3)21-16(18)17-13/h4-8H,9H2,1-3H3. The van der Waals surface area contributed by atoms with E-state index in [1.165, 1.54) is 17.4 Å². The molecule has 0 aliphatic carbocycles. The molecule has 108 valence electrons. The normalized spacial score (nSPS) is 11.0. The Kier molecular flexibility index (Phi) is 3.51. The largest absolute Gasteiger partial charge is 0.487 e. The fourth-order valence-electron chi connectivity index (χ4n) is 2.31. The van der Waals surface area contributed by atoms with Gasteiger partial charge in [0.1, 0.15) is 12.4 Å². The first-order valence-corrected chi connectivity index (χ1v) is 7.54. The fourth-order valence-corrected chi connectivity index (χ4v) is 3.16. The number of para-hydroxylation sites is 1. The summed E-state index contributed by atoms with van der Waals surface area (Å²) in [5, 5.41) is 0. The fraction of sp³-hybridized carbons (Fsp3) is 0.250. The van der Waals surface area contributed by atoms with Crippen molar-refractivity contribution in [1.82, 2.24) is 9.38 Å².